The molecule has 0 radical (unpaired) electrons. The second kappa shape index (κ2) is 5.05. The highest BCUT2D eigenvalue weighted by Crippen LogP contribution is 2.54. The van der Waals surface area contributed by atoms with Crippen LogP contribution in [-0.2, 0) is 4.74 Å². The molecule has 0 fully saturated rings. The SMILES string of the molecule is CC(C)(CC1c2ccc(-c3ccccc3)c1c2O)OC(N)=O. The van der Waals surface area contributed by atoms with E-state index in [2.05, 4.69) is 0 Å². The van der Waals surface area contributed by atoms with Crippen molar-refractivity contribution in [1.29, 1.82) is 0 Å². The predicted octanol–water partition coefficient (Wildman–Crippen LogP) is 3.77. The third-order valence-corrected chi connectivity index (χ3v) is 4.13. The Bertz CT molecular complexity index is 723. The fraction of sp³-hybridized carbons (Fsp3) is 0.278. The lowest BCUT2D eigenvalue weighted by atomic mass is 9.70. The molecule has 0 spiro atoms. The first-order valence-corrected chi connectivity index (χ1v) is 7.29. The van der Waals surface area contributed by atoms with E-state index in [1.807, 2.05) is 56.3 Å². The van der Waals surface area contributed by atoms with Crippen LogP contribution in [0.3, 0.4) is 0 Å². The number of hydrogen-bond acceptors (Lipinski definition) is 3. The van der Waals surface area contributed by atoms with E-state index in [-0.39, 0.29) is 5.92 Å². The van der Waals surface area contributed by atoms with Crippen molar-refractivity contribution >= 4 is 6.09 Å². The summed E-state index contributed by atoms with van der Waals surface area (Å²) in [6.07, 6.45) is -0.189. The number of aromatic hydroxyl groups is 1. The number of rotatable bonds is 4. The van der Waals surface area contributed by atoms with E-state index in [4.69, 9.17) is 10.5 Å². The standard InChI is InChI=1S/C18H19NO3/c1-18(2,22-17(19)21)10-14-13-9-8-12(15(14)16(13)20)11-6-4-3-5-7-11/h3-9,14,20H,10H2,1-2H3,(H2,19,21). The number of amides is 1. The fourth-order valence-corrected chi connectivity index (χ4v) is 3.22. The van der Waals surface area contributed by atoms with Crippen LogP contribution in [0.4, 0.5) is 4.79 Å². The zero-order valence-electron chi connectivity index (χ0n) is 12.7. The first-order valence-electron chi connectivity index (χ1n) is 7.29. The van der Waals surface area contributed by atoms with Crippen molar-refractivity contribution in [3.63, 3.8) is 0 Å². The molecule has 0 aromatic heterocycles. The van der Waals surface area contributed by atoms with Gasteiger partial charge in [-0.3, -0.25) is 0 Å². The minimum absolute atomic E-state index is 0.0644. The van der Waals surface area contributed by atoms with E-state index in [0.29, 0.717) is 12.2 Å². The number of primary amides is 1. The van der Waals surface area contributed by atoms with Crippen LogP contribution in [0.25, 0.3) is 11.1 Å². The van der Waals surface area contributed by atoms with Crippen LogP contribution in [-0.4, -0.2) is 16.8 Å². The molecule has 0 aliphatic heterocycles. The van der Waals surface area contributed by atoms with Crippen LogP contribution in [0.5, 0.6) is 5.75 Å². The van der Waals surface area contributed by atoms with Gasteiger partial charge in [-0.25, -0.2) is 4.79 Å². The van der Waals surface area contributed by atoms with E-state index in [1.165, 1.54) is 0 Å². The third kappa shape index (κ3) is 2.41. The summed E-state index contributed by atoms with van der Waals surface area (Å²) in [6.45, 7) is 3.66. The smallest absolute Gasteiger partial charge is 0.405 e. The van der Waals surface area contributed by atoms with Crippen LogP contribution < -0.4 is 5.73 Å². The minimum atomic E-state index is -0.777. The molecule has 1 unspecified atom stereocenters. The lowest BCUT2D eigenvalue weighted by Gasteiger charge is -2.37. The number of nitrogens with two attached hydrogens (primary N) is 1. The van der Waals surface area contributed by atoms with Gasteiger partial charge in [-0.1, -0.05) is 42.5 Å². The van der Waals surface area contributed by atoms with Crippen LogP contribution >= 0.6 is 0 Å². The molecule has 2 aromatic carbocycles. The molecule has 22 heavy (non-hydrogen) atoms. The first-order chi connectivity index (χ1) is 10.4. The molecule has 0 heterocycles. The Hall–Kier alpha value is -2.49. The normalized spacial score (nSPS) is 16.0. The molecule has 3 N–H and O–H groups in total. The molecule has 2 aliphatic rings. The number of carbonyl (C=O) groups is 1. The van der Waals surface area contributed by atoms with Crippen molar-refractivity contribution in [2.24, 2.45) is 5.73 Å². The van der Waals surface area contributed by atoms with Crippen LogP contribution in [0, 0.1) is 0 Å². The fourth-order valence-electron chi connectivity index (χ4n) is 3.22. The maximum absolute atomic E-state index is 11.0. The molecule has 1 atom stereocenters. The molecule has 2 aliphatic carbocycles. The van der Waals surface area contributed by atoms with Crippen molar-refractivity contribution in [3.05, 3.63) is 53.6 Å². The second-order valence-corrected chi connectivity index (χ2v) is 6.27. The maximum atomic E-state index is 11.0. The summed E-state index contributed by atoms with van der Waals surface area (Å²) in [5.41, 5.74) is 8.36. The summed E-state index contributed by atoms with van der Waals surface area (Å²) in [5, 5.41) is 10.2. The van der Waals surface area contributed by atoms with Crippen molar-refractivity contribution in [1.82, 2.24) is 0 Å². The monoisotopic (exact) mass is 297 g/mol. The molecular formula is C18H19NO3. The number of ether oxygens (including phenoxy) is 1. The zero-order chi connectivity index (χ0) is 15.9. The summed E-state index contributed by atoms with van der Waals surface area (Å²) in [4.78, 5) is 11.0. The molecular weight excluding hydrogens is 278 g/mol. The topological polar surface area (TPSA) is 72.6 Å². The van der Waals surface area contributed by atoms with E-state index < -0.39 is 11.7 Å². The second-order valence-electron chi connectivity index (χ2n) is 6.27. The van der Waals surface area contributed by atoms with E-state index in [9.17, 15) is 9.90 Å². The van der Waals surface area contributed by atoms with Crippen LogP contribution in [0.1, 0.15) is 37.3 Å². The van der Waals surface area contributed by atoms with Crippen molar-refractivity contribution in [3.8, 4) is 16.9 Å². The third-order valence-electron chi connectivity index (χ3n) is 4.13. The number of fused-ring (bicyclic) bond motifs is 2. The summed E-state index contributed by atoms with van der Waals surface area (Å²) in [7, 11) is 0. The molecule has 2 bridgehead atoms. The van der Waals surface area contributed by atoms with Crippen LogP contribution in [0.15, 0.2) is 42.5 Å². The summed E-state index contributed by atoms with van der Waals surface area (Å²) in [6, 6.07) is 13.9. The van der Waals surface area contributed by atoms with Gasteiger partial charge >= 0.3 is 6.09 Å². The molecule has 4 rings (SSSR count). The van der Waals surface area contributed by atoms with Gasteiger partial charge in [0.1, 0.15) is 11.4 Å². The van der Waals surface area contributed by atoms with Gasteiger partial charge in [0.25, 0.3) is 0 Å². The molecule has 0 saturated heterocycles. The van der Waals surface area contributed by atoms with Gasteiger partial charge in [0.05, 0.1) is 0 Å². The highest BCUT2D eigenvalue weighted by atomic mass is 16.6. The number of phenolic OH excluding ortho intramolecular Hbond substituents is 1. The predicted molar refractivity (Wildman–Crippen MR) is 84.8 cm³/mol. The molecule has 0 saturated carbocycles. The first kappa shape index (κ1) is 14.4. The Morgan fingerprint density at radius 1 is 1.23 bits per heavy atom. The van der Waals surface area contributed by atoms with Crippen molar-refractivity contribution in [2.75, 3.05) is 0 Å². The quantitative estimate of drug-likeness (QED) is 0.902. The summed E-state index contributed by atoms with van der Waals surface area (Å²) < 4.78 is 5.17. The number of carbonyl (C=O) groups excluding carboxylic acids is 1. The van der Waals surface area contributed by atoms with Gasteiger partial charge in [0.15, 0.2) is 0 Å². The Balaban J connectivity index is 1.91. The van der Waals surface area contributed by atoms with Crippen molar-refractivity contribution < 1.29 is 14.6 Å². The highest BCUT2D eigenvalue weighted by Gasteiger charge is 2.39. The summed E-state index contributed by atoms with van der Waals surface area (Å²) >= 11 is 0. The maximum Gasteiger partial charge on any atom is 0.405 e. The molecule has 4 heteroatoms. The largest absolute Gasteiger partial charge is 0.507 e. The Morgan fingerprint density at radius 3 is 2.50 bits per heavy atom. The minimum Gasteiger partial charge on any atom is -0.507 e. The van der Waals surface area contributed by atoms with E-state index in [1.54, 1.807) is 0 Å². The molecule has 4 nitrogen and oxygen atoms in total. The number of hydrogen-bond donors (Lipinski definition) is 2. The highest BCUT2D eigenvalue weighted by molar-refractivity contribution is 5.78. The van der Waals surface area contributed by atoms with E-state index >= 15 is 0 Å². The Morgan fingerprint density at radius 2 is 1.91 bits per heavy atom. The van der Waals surface area contributed by atoms with Gasteiger partial charge in [0, 0.05) is 17.0 Å². The molecule has 2 aromatic rings. The number of benzene rings is 2. The number of phenols is 1. The Labute approximate surface area is 129 Å². The Kier molecular flexibility index (Phi) is 3.32. The summed E-state index contributed by atoms with van der Waals surface area (Å²) in [5.74, 6) is 0.413. The average Bonchev–Trinajstić information content (AvgIpc) is 2.46. The molecule has 114 valence electrons. The zero-order valence-corrected chi connectivity index (χ0v) is 12.7. The average molecular weight is 297 g/mol. The van der Waals surface area contributed by atoms with Gasteiger partial charge in [0.2, 0.25) is 0 Å². The van der Waals surface area contributed by atoms with Gasteiger partial charge in [-0.2, -0.15) is 0 Å². The van der Waals surface area contributed by atoms with Crippen molar-refractivity contribution in [2.45, 2.75) is 31.8 Å². The van der Waals surface area contributed by atoms with Gasteiger partial charge in [-0.15, -0.1) is 0 Å². The lowest BCUT2D eigenvalue weighted by molar-refractivity contribution is 0.0349. The molecule has 1 amide bonds. The van der Waals surface area contributed by atoms with Gasteiger partial charge in [-0.05, 0) is 31.4 Å². The van der Waals surface area contributed by atoms with Crippen LogP contribution in [0.2, 0.25) is 0 Å². The van der Waals surface area contributed by atoms with E-state index in [0.717, 1.165) is 22.3 Å². The lowest BCUT2D eigenvalue weighted by Crippen LogP contribution is -2.34. The van der Waals surface area contributed by atoms with Gasteiger partial charge < -0.3 is 15.6 Å².